The predicted molar refractivity (Wildman–Crippen MR) is 49.4 cm³/mol. The average Bonchev–Trinajstić information content (AvgIpc) is 2.62. The molecule has 0 atom stereocenters. The minimum atomic E-state index is 0.300. The van der Waals surface area contributed by atoms with Crippen LogP contribution in [-0.4, -0.2) is 18.2 Å². The molecule has 1 fully saturated rings. The van der Waals surface area contributed by atoms with E-state index in [9.17, 15) is 0 Å². The Balaban J connectivity index is 2.05. The smallest absolute Gasteiger partial charge is 0.298 e. The van der Waals surface area contributed by atoms with Crippen molar-refractivity contribution in [1.82, 2.24) is 5.10 Å². The van der Waals surface area contributed by atoms with Gasteiger partial charge in [0.25, 0.3) is 5.82 Å². The predicted octanol–water partition coefficient (Wildman–Crippen LogP) is -0.282. The molecule has 4 heteroatoms. The Kier molecular flexibility index (Phi) is 1.28. The minimum Gasteiger partial charge on any atom is -0.330 e. The highest BCUT2D eigenvalue weighted by atomic mass is 15.4. The van der Waals surface area contributed by atoms with Gasteiger partial charge in [-0.05, 0) is 12.8 Å². The van der Waals surface area contributed by atoms with Crippen LogP contribution in [0.15, 0.2) is 6.20 Å². The second kappa shape index (κ2) is 2.26. The molecule has 2 aliphatic rings. The van der Waals surface area contributed by atoms with Crippen LogP contribution in [-0.2, 0) is 12.0 Å². The van der Waals surface area contributed by atoms with Gasteiger partial charge in [-0.3, -0.25) is 5.32 Å². The molecular formula is C9H15N4+. The van der Waals surface area contributed by atoms with Gasteiger partial charge in [-0.15, -0.1) is 0 Å². The summed E-state index contributed by atoms with van der Waals surface area (Å²) in [5, 5.41) is 6.67. The van der Waals surface area contributed by atoms with Crippen LogP contribution in [0.4, 0.5) is 5.82 Å². The van der Waals surface area contributed by atoms with E-state index < -0.39 is 0 Å². The first-order valence-electron chi connectivity index (χ1n) is 4.91. The van der Waals surface area contributed by atoms with Crippen molar-refractivity contribution < 1.29 is 4.68 Å². The molecule has 1 saturated carbocycles. The zero-order valence-corrected chi connectivity index (χ0v) is 7.64. The second-order valence-corrected chi connectivity index (χ2v) is 4.10. The summed E-state index contributed by atoms with van der Waals surface area (Å²) in [6.07, 6.45) is 4.60. The van der Waals surface area contributed by atoms with E-state index in [2.05, 4.69) is 21.3 Å². The van der Waals surface area contributed by atoms with Crippen molar-refractivity contribution >= 4 is 5.82 Å². The van der Waals surface area contributed by atoms with Gasteiger partial charge < -0.3 is 5.73 Å². The Morgan fingerprint density at radius 3 is 3.08 bits per heavy atom. The zero-order valence-electron chi connectivity index (χ0n) is 7.64. The molecule has 0 bridgehead atoms. The van der Waals surface area contributed by atoms with Crippen molar-refractivity contribution in [2.24, 2.45) is 5.73 Å². The van der Waals surface area contributed by atoms with Crippen molar-refractivity contribution in [3.63, 3.8) is 0 Å². The summed E-state index contributed by atoms with van der Waals surface area (Å²) in [7, 11) is 0. The molecule has 0 spiro atoms. The molecule has 13 heavy (non-hydrogen) atoms. The molecule has 1 aromatic heterocycles. The third kappa shape index (κ3) is 0.864. The quantitative estimate of drug-likeness (QED) is 0.547. The fourth-order valence-electron chi connectivity index (χ4n) is 2.21. The fraction of sp³-hybridized carbons (Fsp3) is 0.667. The van der Waals surface area contributed by atoms with E-state index in [0.29, 0.717) is 5.41 Å². The van der Waals surface area contributed by atoms with E-state index in [4.69, 9.17) is 5.73 Å². The summed E-state index contributed by atoms with van der Waals surface area (Å²) in [6.45, 7) is 2.87. The van der Waals surface area contributed by atoms with E-state index in [1.54, 1.807) is 0 Å². The Hall–Kier alpha value is -1.03. The summed E-state index contributed by atoms with van der Waals surface area (Å²) >= 11 is 0. The number of hydrogen-bond acceptors (Lipinski definition) is 2. The van der Waals surface area contributed by atoms with Gasteiger partial charge in [-0.2, -0.15) is 4.68 Å². The van der Waals surface area contributed by atoms with Gasteiger partial charge in [0.2, 0.25) is 0 Å². The fourth-order valence-corrected chi connectivity index (χ4v) is 2.21. The number of nitrogens with one attached hydrogen (secondary N) is 2. The van der Waals surface area contributed by atoms with Gasteiger partial charge in [0.1, 0.15) is 13.1 Å². The number of nitrogens with two attached hydrogens (primary N) is 1. The zero-order chi connectivity index (χ0) is 8.89. The number of fused-ring (bicyclic) bond motifs is 1. The van der Waals surface area contributed by atoms with Gasteiger partial charge in [0, 0.05) is 12.0 Å². The SMILES string of the molecule is NCC1(c2c[nH][n+]3c2NCC3)CC1. The van der Waals surface area contributed by atoms with E-state index in [1.165, 1.54) is 24.2 Å². The molecule has 0 radical (unpaired) electrons. The molecule has 3 rings (SSSR count). The van der Waals surface area contributed by atoms with E-state index in [1.807, 2.05) is 0 Å². The highest BCUT2D eigenvalue weighted by Gasteiger charge is 2.48. The van der Waals surface area contributed by atoms with E-state index in [0.717, 1.165) is 19.6 Å². The molecule has 1 aliphatic carbocycles. The highest BCUT2D eigenvalue weighted by Crippen LogP contribution is 2.49. The Bertz CT molecular complexity index is 337. The maximum Gasteiger partial charge on any atom is 0.298 e. The molecule has 1 aliphatic heterocycles. The lowest BCUT2D eigenvalue weighted by atomic mass is 9.99. The summed E-state index contributed by atoms with van der Waals surface area (Å²) in [6, 6.07) is 0. The van der Waals surface area contributed by atoms with Crippen molar-refractivity contribution in [1.29, 1.82) is 0 Å². The summed E-state index contributed by atoms with van der Waals surface area (Å²) < 4.78 is 2.17. The number of hydrogen-bond donors (Lipinski definition) is 3. The van der Waals surface area contributed by atoms with Gasteiger partial charge in [-0.1, -0.05) is 0 Å². The van der Waals surface area contributed by atoms with Crippen LogP contribution in [0.25, 0.3) is 0 Å². The standard InChI is InChI=1S/C9H14N4/c10-6-9(1-2-9)7-5-12-13-4-3-11-8(7)13/h5H,1-4,6,10H2,(H,11,12)/p+1. The van der Waals surface area contributed by atoms with Crippen LogP contribution in [0.3, 0.4) is 0 Å². The number of nitrogens with zero attached hydrogens (tertiary/aromatic N) is 1. The van der Waals surface area contributed by atoms with Crippen molar-refractivity contribution in [3.05, 3.63) is 11.8 Å². The van der Waals surface area contributed by atoms with Gasteiger partial charge in [0.15, 0.2) is 0 Å². The monoisotopic (exact) mass is 179 g/mol. The van der Waals surface area contributed by atoms with Crippen LogP contribution in [0.2, 0.25) is 0 Å². The van der Waals surface area contributed by atoms with E-state index in [-0.39, 0.29) is 0 Å². The maximum atomic E-state index is 5.80. The molecule has 2 heterocycles. The Labute approximate surface area is 77.1 Å². The van der Waals surface area contributed by atoms with Gasteiger partial charge in [-0.25, -0.2) is 5.10 Å². The first kappa shape index (κ1) is 7.38. The molecule has 0 unspecified atom stereocenters. The molecule has 0 amide bonds. The number of rotatable bonds is 2. The molecule has 0 aromatic carbocycles. The number of anilines is 1. The summed E-state index contributed by atoms with van der Waals surface area (Å²) in [5.41, 5.74) is 7.50. The summed E-state index contributed by atoms with van der Waals surface area (Å²) in [4.78, 5) is 0. The molecule has 4 nitrogen and oxygen atoms in total. The average molecular weight is 179 g/mol. The number of H-pyrrole nitrogens is 1. The van der Waals surface area contributed by atoms with Crippen molar-refractivity contribution in [3.8, 4) is 0 Å². The van der Waals surface area contributed by atoms with Crippen molar-refractivity contribution in [2.75, 3.05) is 18.4 Å². The van der Waals surface area contributed by atoms with Crippen LogP contribution < -0.4 is 15.7 Å². The van der Waals surface area contributed by atoms with Crippen LogP contribution in [0.1, 0.15) is 18.4 Å². The van der Waals surface area contributed by atoms with Gasteiger partial charge >= 0.3 is 0 Å². The summed E-state index contributed by atoms with van der Waals surface area (Å²) in [5.74, 6) is 1.27. The Morgan fingerprint density at radius 2 is 2.38 bits per heavy atom. The van der Waals surface area contributed by atoms with Crippen LogP contribution in [0, 0.1) is 0 Å². The van der Waals surface area contributed by atoms with Crippen molar-refractivity contribution in [2.45, 2.75) is 24.8 Å². The topological polar surface area (TPSA) is 57.7 Å². The Morgan fingerprint density at radius 1 is 1.54 bits per heavy atom. The first-order chi connectivity index (χ1) is 6.36. The lowest BCUT2D eigenvalue weighted by molar-refractivity contribution is -0.726. The third-order valence-corrected chi connectivity index (χ3v) is 3.33. The highest BCUT2D eigenvalue weighted by molar-refractivity contribution is 5.47. The second-order valence-electron chi connectivity index (χ2n) is 4.10. The largest absolute Gasteiger partial charge is 0.330 e. The lowest BCUT2D eigenvalue weighted by Crippen LogP contribution is -2.32. The molecule has 4 N–H and O–H groups in total. The third-order valence-electron chi connectivity index (χ3n) is 3.33. The van der Waals surface area contributed by atoms with Crippen LogP contribution in [0.5, 0.6) is 0 Å². The lowest BCUT2D eigenvalue weighted by Gasteiger charge is -2.07. The first-order valence-corrected chi connectivity index (χ1v) is 4.91. The molecule has 70 valence electrons. The van der Waals surface area contributed by atoms with Gasteiger partial charge in [0.05, 0.1) is 11.8 Å². The number of aromatic nitrogens is 2. The number of aromatic amines is 1. The molecular weight excluding hydrogens is 164 g/mol. The minimum absolute atomic E-state index is 0.300. The molecule has 0 saturated heterocycles. The van der Waals surface area contributed by atoms with E-state index >= 15 is 0 Å². The molecule has 1 aromatic rings. The normalized spacial score (nSPS) is 22.5. The van der Waals surface area contributed by atoms with Crippen LogP contribution >= 0.6 is 0 Å². The maximum absolute atomic E-state index is 5.80.